The molecule has 4 bridgehead atoms. The normalized spacial score (nSPS) is 55.3. The fourth-order valence-corrected chi connectivity index (χ4v) is 6.14. The highest BCUT2D eigenvalue weighted by atomic mass is 16.7. The monoisotopic (exact) mass is 326 g/mol. The highest BCUT2D eigenvalue weighted by Gasteiger charge is 2.52. The molecule has 0 aromatic rings. The van der Waals surface area contributed by atoms with Gasteiger partial charge in [-0.25, -0.2) is 0 Å². The van der Waals surface area contributed by atoms with E-state index in [0.717, 1.165) is 17.8 Å². The zero-order chi connectivity index (χ0) is 16.2. The molecule has 5 nitrogen and oxygen atoms in total. The first-order chi connectivity index (χ1) is 11.0. The van der Waals surface area contributed by atoms with Crippen LogP contribution in [0.5, 0.6) is 0 Å². The number of hydrogen-bond donors (Lipinski definition) is 3. The molecule has 1 heterocycles. The number of ether oxygens (including phenoxy) is 2. The summed E-state index contributed by atoms with van der Waals surface area (Å²) in [6.07, 6.45) is 4.64. The second-order valence-corrected chi connectivity index (χ2v) is 8.79. The van der Waals surface area contributed by atoms with Crippen LogP contribution in [-0.4, -0.2) is 53.1 Å². The summed E-state index contributed by atoms with van der Waals surface area (Å²) < 4.78 is 11.7. The van der Waals surface area contributed by atoms with E-state index in [2.05, 4.69) is 0 Å². The Hall–Kier alpha value is -0.200. The predicted octanol–water partition coefficient (Wildman–Crippen LogP) is 1.29. The van der Waals surface area contributed by atoms with E-state index in [-0.39, 0.29) is 17.9 Å². The molecule has 23 heavy (non-hydrogen) atoms. The second-order valence-electron chi connectivity index (χ2n) is 8.79. The largest absolute Gasteiger partial charge is 0.394 e. The molecule has 132 valence electrons. The van der Waals surface area contributed by atoms with Crippen molar-refractivity contribution < 1.29 is 24.8 Å². The molecule has 0 spiro atoms. The molecule has 0 radical (unpaired) electrons. The molecule has 1 aliphatic heterocycles. The van der Waals surface area contributed by atoms with Gasteiger partial charge in [0.2, 0.25) is 0 Å². The summed E-state index contributed by atoms with van der Waals surface area (Å²) >= 11 is 0. The van der Waals surface area contributed by atoms with Gasteiger partial charge < -0.3 is 24.8 Å². The van der Waals surface area contributed by atoms with Gasteiger partial charge in [-0.2, -0.15) is 0 Å². The van der Waals surface area contributed by atoms with E-state index in [1.165, 1.54) is 38.5 Å². The third kappa shape index (κ3) is 2.85. The van der Waals surface area contributed by atoms with Crippen LogP contribution in [0.15, 0.2) is 0 Å². The van der Waals surface area contributed by atoms with Crippen molar-refractivity contribution in [3.63, 3.8) is 0 Å². The highest BCUT2D eigenvalue weighted by Crippen LogP contribution is 2.60. The quantitative estimate of drug-likeness (QED) is 0.726. The predicted molar refractivity (Wildman–Crippen MR) is 83.5 cm³/mol. The summed E-state index contributed by atoms with van der Waals surface area (Å²) in [5.74, 6) is 2.28. The average Bonchev–Trinajstić information content (AvgIpc) is 2.51. The van der Waals surface area contributed by atoms with Crippen LogP contribution in [0.25, 0.3) is 0 Å². The lowest BCUT2D eigenvalue weighted by atomic mass is 9.50. The maximum absolute atomic E-state index is 10.3. The van der Waals surface area contributed by atoms with Gasteiger partial charge in [-0.1, -0.05) is 6.92 Å². The Kier molecular flexibility index (Phi) is 4.21. The Morgan fingerprint density at radius 2 is 1.57 bits per heavy atom. The third-order valence-electron chi connectivity index (χ3n) is 6.96. The first-order valence-corrected chi connectivity index (χ1v) is 9.24. The number of aliphatic hydroxyl groups excluding tert-OH is 3. The Bertz CT molecular complexity index is 402. The van der Waals surface area contributed by atoms with Crippen molar-refractivity contribution in [2.24, 2.45) is 29.1 Å². The van der Waals surface area contributed by atoms with Gasteiger partial charge in [-0.3, -0.25) is 0 Å². The Labute approximate surface area is 138 Å². The topological polar surface area (TPSA) is 79.2 Å². The van der Waals surface area contributed by atoms with Crippen LogP contribution in [0.2, 0.25) is 0 Å². The van der Waals surface area contributed by atoms with Crippen LogP contribution >= 0.6 is 0 Å². The van der Waals surface area contributed by atoms with Crippen LogP contribution in [0.1, 0.15) is 45.4 Å². The van der Waals surface area contributed by atoms with E-state index in [9.17, 15) is 15.3 Å². The van der Waals surface area contributed by atoms with Gasteiger partial charge >= 0.3 is 0 Å². The Morgan fingerprint density at radius 3 is 2.09 bits per heavy atom. The SMILES string of the molecule is C[C@H]1C(CO)O[C@H](OCC23CC4CC(CC(C4)C2)C3)[C@H](O)C1O. The number of rotatable bonds is 4. The lowest BCUT2D eigenvalue weighted by molar-refractivity contribution is -0.298. The lowest BCUT2D eigenvalue weighted by Gasteiger charge is -2.57. The molecule has 0 aromatic heterocycles. The zero-order valence-corrected chi connectivity index (χ0v) is 13.9. The maximum Gasteiger partial charge on any atom is 0.186 e. The van der Waals surface area contributed by atoms with Crippen LogP contribution < -0.4 is 0 Å². The van der Waals surface area contributed by atoms with E-state index in [1.54, 1.807) is 6.92 Å². The zero-order valence-electron chi connectivity index (χ0n) is 13.9. The first-order valence-electron chi connectivity index (χ1n) is 9.24. The van der Waals surface area contributed by atoms with Crippen LogP contribution in [0.4, 0.5) is 0 Å². The van der Waals surface area contributed by atoms with E-state index in [0.29, 0.717) is 6.61 Å². The molecule has 5 fully saturated rings. The van der Waals surface area contributed by atoms with Crippen molar-refractivity contribution in [3.05, 3.63) is 0 Å². The van der Waals surface area contributed by atoms with E-state index in [1.807, 2.05) is 0 Å². The summed E-state index contributed by atoms with van der Waals surface area (Å²) in [7, 11) is 0. The maximum atomic E-state index is 10.3. The van der Waals surface area contributed by atoms with Gasteiger partial charge in [0.1, 0.15) is 6.10 Å². The summed E-state index contributed by atoms with van der Waals surface area (Å²) in [6.45, 7) is 2.23. The van der Waals surface area contributed by atoms with Gasteiger partial charge in [0, 0.05) is 5.92 Å². The van der Waals surface area contributed by atoms with Crippen molar-refractivity contribution in [2.75, 3.05) is 13.2 Å². The molecule has 5 heteroatoms. The van der Waals surface area contributed by atoms with Crippen molar-refractivity contribution in [2.45, 2.75) is 70.1 Å². The molecule has 5 atom stereocenters. The van der Waals surface area contributed by atoms with Crippen molar-refractivity contribution >= 4 is 0 Å². The number of aliphatic hydroxyl groups is 3. The molecule has 0 aromatic carbocycles. The lowest BCUT2D eigenvalue weighted by Crippen LogP contribution is -2.56. The molecule has 4 aliphatic carbocycles. The molecule has 5 aliphatic rings. The van der Waals surface area contributed by atoms with Gasteiger partial charge in [-0.05, 0) is 61.7 Å². The average molecular weight is 326 g/mol. The minimum Gasteiger partial charge on any atom is -0.394 e. The van der Waals surface area contributed by atoms with Crippen LogP contribution in [-0.2, 0) is 9.47 Å². The Balaban J connectivity index is 1.40. The summed E-state index contributed by atoms with van der Waals surface area (Å²) in [5.41, 5.74) is 0.251. The minimum atomic E-state index is -1.04. The third-order valence-corrected chi connectivity index (χ3v) is 6.96. The molecular formula is C18H30O5. The van der Waals surface area contributed by atoms with Gasteiger partial charge in [-0.15, -0.1) is 0 Å². The van der Waals surface area contributed by atoms with Crippen molar-refractivity contribution in [3.8, 4) is 0 Å². The smallest absolute Gasteiger partial charge is 0.186 e. The summed E-state index contributed by atoms with van der Waals surface area (Å²) in [4.78, 5) is 0. The molecule has 4 saturated carbocycles. The Morgan fingerprint density at radius 1 is 1.00 bits per heavy atom. The highest BCUT2D eigenvalue weighted by molar-refractivity contribution is 5.01. The fourth-order valence-electron chi connectivity index (χ4n) is 6.14. The van der Waals surface area contributed by atoms with Gasteiger partial charge in [0.15, 0.2) is 6.29 Å². The van der Waals surface area contributed by atoms with E-state index < -0.39 is 24.6 Å². The fraction of sp³-hybridized carbons (Fsp3) is 1.00. The molecular weight excluding hydrogens is 296 g/mol. The molecule has 5 rings (SSSR count). The van der Waals surface area contributed by atoms with Gasteiger partial charge in [0.25, 0.3) is 0 Å². The first kappa shape index (κ1) is 16.3. The summed E-state index contributed by atoms with van der Waals surface area (Å²) in [5, 5.41) is 29.8. The second kappa shape index (κ2) is 5.95. The standard InChI is InChI=1S/C18H30O5/c1-10-14(8-19)23-17(16(21)15(10)20)22-9-18-5-11-2-12(6-18)4-13(3-11)7-18/h10-17,19-21H,2-9H2,1H3/t10-,11?,12?,13?,14?,15?,16+,17-,18?/m0/s1. The van der Waals surface area contributed by atoms with Crippen LogP contribution in [0.3, 0.4) is 0 Å². The van der Waals surface area contributed by atoms with Crippen molar-refractivity contribution in [1.82, 2.24) is 0 Å². The molecule has 0 amide bonds. The molecule has 2 unspecified atom stereocenters. The van der Waals surface area contributed by atoms with Gasteiger partial charge in [0.05, 0.1) is 25.4 Å². The van der Waals surface area contributed by atoms with Crippen molar-refractivity contribution in [1.29, 1.82) is 0 Å². The molecule has 3 N–H and O–H groups in total. The number of hydrogen-bond acceptors (Lipinski definition) is 5. The summed E-state index contributed by atoms with van der Waals surface area (Å²) in [6, 6.07) is 0. The van der Waals surface area contributed by atoms with Crippen LogP contribution in [0, 0.1) is 29.1 Å². The molecule has 1 saturated heterocycles. The minimum absolute atomic E-state index is 0.165. The van der Waals surface area contributed by atoms with E-state index >= 15 is 0 Å². The van der Waals surface area contributed by atoms with E-state index in [4.69, 9.17) is 9.47 Å².